The largest absolute Gasteiger partial charge is 0.315 e. The summed E-state index contributed by atoms with van der Waals surface area (Å²) < 4.78 is 1.81. The molecule has 0 saturated carbocycles. The molecule has 0 spiro atoms. The second-order valence-electron chi connectivity index (χ2n) is 4.68. The van der Waals surface area contributed by atoms with Gasteiger partial charge in [-0.05, 0) is 22.7 Å². The van der Waals surface area contributed by atoms with Crippen LogP contribution in [0.1, 0.15) is 27.7 Å². The van der Waals surface area contributed by atoms with Gasteiger partial charge in [-0.25, -0.2) is 4.98 Å². The maximum Gasteiger partial charge on any atom is 0.270 e. The van der Waals surface area contributed by atoms with E-state index in [2.05, 4.69) is 4.98 Å². The molecule has 3 nitrogen and oxygen atoms in total. The summed E-state index contributed by atoms with van der Waals surface area (Å²) >= 11 is 5.67. The first kappa shape index (κ1) is 13.6. The zero-order chi connectivity index (χ0) is 14.7. The van der Waals surface area contributed by atoms with Crippen LogP contribution in [-0.2, 0) is 0 Å². The predicted octanol–water partition coefficient (Wildman–Crippen LogP) is 3.90. The molecule has 0 unspecified atom stereocenters. The number of benzene rings is 2. The van der Waals surface area contributed by atoms with Crippen molar-refractivity contribution in [2.24, 2.45) is 0 Å². The van der Waals surface area contributed by atoms with Crippen LogP contribution in [0.4, 0.5) is 0 Å². The van der Waals surface area contributed by atoms with E-state index in [1.807, 2.05) is 60.7 Å². The third-order valence-electron chi connectivity index (χ3n) is 3.38. The molecule has 0 aliphatic carbocycles. The van der Waals surface area contributed by atoms with E-state index >= 15 is 0 Å². The molecule has 0 radical (unpaired) electrons. The van der Waals surface area contributed by atoms with Gasteiger partial charge < -0.3 is 4.57 Å². The van der Waals surface area contributed by atoms with E-state index in [-0.39, 0.29) is 6.04 Å². The number of carbonyl (C=O) groups excluding carboxylic acids is 1. The van der Waals surface area contributed by atoms with Crippen LogP contribution in [0.2, 0.25) is 0 Å². The molecule has 0 amide bonds. The van der Waals surface area contributed by atoms with Crippen molar-refractivity contribution < 1.29 is 4.79 Å². The highest BCUT2D eigenvalue weighted by atomic mass is 35.5. The van der Waals surface area contributed by atoms with Gasteiger partial charge in [-0.15, -0.1) is 0 Å². The Morgan fingerprint density at radius 2 is 1.48 bits per heavy atom. The van der Waals surface area contributed by atoms with Crippen molar-refractivity contribution >= 4 is 16.8 Å². The number of aromatic nitrogens is 2. The van der Waals surface area contributed by atoms with E-state index in [0.717, 1.165) is 11.1 Å². The minimum absolute atomic E-state index is 0.132. The zero-order valence-corrected chi connectivity index (χ0v) is 11.9. The summed E-state index contributed by atoms with van der Waals surface area (Å²) in [5.41, 5.74) is 2.52. The predicted molar refractivity (Wildman–Crippen MR) is 82.5 cm³/mol. The summed E-state index contributed by atoms with van der Waals surface area (Å²) in [7, 11) is 0. The Bertz CT molecular complexity index is 698. The van der Waals surface area contributed by atoms with Crippen LogP contribution in [0, 0.1) is 0 Å². The van der Waals surface area contributed by atoms with E-state index in [4.69, 9.17) is 11.6 Å². The van der Waals surface area contributed by atoms with Gasteiger partial charge in [0.2, 0.25) is 0 Å². The van der Waals surface area contributed by atoms with E-state index in [9.17, 15) is 4.79 Å². The number of hydrogen-bond acceptors (Lipinski definition) is 2. The molecule has 0 atom stereocenters. The van der Waals surface area contributed by atoms with Crippen LogP contribution in [0.3, 0.4) is 0 Å². The first-order chi connectivity index (χ1) is 10.3. The van der Waals surface area contributed by atoms with Crippen molar-refractivity contribution in [3.05, 3.63) is 90.0 Å². The number of imidazole rings is 1. The van der Waals surface area contributed by atoms with Gasteiger partial charge in [0.15, 0.2) is 0 Å². The highest BCUT2D eigenvalue weighted by Gasteiger charge is 2.20. The molecule has 21 heavy (non-hydrogen) atoms. The van der Waals surface area contributed by atoms with E-state index < -0.39 is 5.24 Å². The standard InChI is InChI=1S/C17H13ClN2O/c18-17(21)15-11-19-12-20(15)16(13-7-3-1-4-8-13)14-9-5-2-6-10-14/h1-12,16H. The molecule has 3 aromatic rings. The minimum Gasteiger partial charge on any atom is -0.315 e. The Kier molecular flexibility index (Phi) is 3.84. The smallest absolute Gasteiger partial charge is 0.270 e. The highest BCUT2D eigenvalue weighted by Crippen LogP contribution is 2.28. The lowest BCUT2D eigenvalue weighted by Crippen LogP contribution is -2.15. The van der Waals surface area contributed by atoms with Crippen molar-refractivity contribution in [2.45, 2.75) is 6.04 Å². The van der Waals surface area contributed by atoms with Crippen LogP contribution in [0.5, 0.6) is 0 Å². The summed E-state index contributed by atoms with van der Waals surface area (Å²) in [6, 6.07) is 19.8. The van der Waals surface area contributed by atoms with Gasteiger partial charge in [-0.2, -0.15) is 0 Å². The van der Waals surface area contributed by atoms with Crippen molar-refractivity contribution in [1.82, 2.24) is 9.55 Å². The van der Waals surface area contributed by atoms with E-state index in [0.29, 0.717) is 5.69 Å². The van der Waals surface area contributed by atoms with Gasteiger partial charge in [-0.1, -0.05) is 60.7 Å². The fourth-order valence-electron chi connectivity index (χ4n) is 2.45. The summed E-state index contributed by atoms with van der Waals surface area (Å²) in [6.45, 7) is 0. The number of hydrogen-bond donors (Lipinski definition) is 0. The molecular weight excluding hydrogens is 284 g/mol. The Morgan fingerprint density at radius 1 is 0.952 bits per heavy atom. The SMILES string of the molecule is O=C(Cl)c1cncn1C(c1ccccc1)c1ccccc1. The number of carbonyl (C=O) groups is 1. The van der Waals surface area contributed by atoms with Gasteiger partial charge >= 0.3 is 0 Å². The second-order valence-corrected chi connectivity index (χ2v) is 5.03. The molecule has 0 bridgehead atoms. The highest BCUT2D eigenvalue weighted by molar-refractivity contribution is 6.67. The molecule has 1 heterocycles. The van der Waals surface area contributed by atoms with Crippen LogP contribution in [0.25, 0.3) is 0 Å². The molecule has 0 aliphatic rings. The summed E-state index contributed by atoms with van der Waals surface area (Å²) in [5, 5.41) is -0.510. The molecule has 104 valence electrons. The molecule has 4 heteroatoms. The number of rotatable bonds is 4. The van der Waals surface area contributed by atoms with Crippen molar-refractivity contribution in [3.8, 4) is 0 Å². The lowest BCUT2D eigenvalue weighted by Gasteiger charge is -2.21. The Balaban J connectivity index is 2.18. The van der Waals surface area contributed by atoms with Crippen molar-refractivity contribution in [1.29, 1.82) is 0 Å². The van der Waals surface area contributed by atoms with Gasteiger partial charge in [0.1, 0.15) is 5.69 Å². The fraction of sp³-hybridized carbons (Fsp3) is 0.0588. The van der Waals surface area contributed by atoms with Crippen LogP contribution >= 0.6 is 11.6 Å². The Hall–Kier alpha value is -2.39. The molecule has 0 aliphatic heterocycles. The first-order valence-electron chi connectivity index (χ1n) is 6.59. The van der Waals surface area contributed by atoms with Crippen LogP contribution in [0.15, 0.2) is 73.2 Å². The summed E-state index contributed by atoms with van der Waals surface area (Å²) in [5.74, 6) is 0. The van der Waals surface area contributed by atoms with Crippen LogP contribution < -0.4 is 0 Å². The maximum absolute atomic E-state index is 11.6. The Labute approximate surface area is 127 Å². The maximum atomic E-state index is 11.6. The van der Waals surface area contributed by atoms with Gasteiger partial charge in [0.05, 0.1) is 18.6 Å². The average molecular weight is 297 g/mol. The molecule has 0 fully saturated rings. The fourth-order valence-corrected chi connectivity index (χ4v) is 2.59. The quantitative estimate of drug-likeness (QED) is 0.684. The van der Waals surface area contributed by atoms with Crippen molar-refractivity contribution in [3.63, 3.8) is 0 Å². The summed E-state index contributed by atoms with van der Waals surface area (Å²) in [4.78, 5) is 15.7. The topological polar surface area (TPSA) is 34.9 Å². The summed E-state index contributed by atoms with van der Waals surface area (Å²) in [6.07, 6.45) is 3.13. The third kappa shape index (κ3) is 2.73. The van der Waals surface area contributed by atoms with Crippen LogP contribution in [-0.4, -0.2) is 14.8 Å². The average Bonchev–Trinajstić information content (AvgIpc) is 2.99. The third-order valence-corrected chi connectivity index (χ3v) is 3.57. The lowest BCUT2D eigenvalue weighted by atomic mass is 9.98. The molecular formula is C17H13ClN2O. The number of halogens is 1. The van der Waals surface area contributed by atoms with Gasteiger partial charge in [0, 0.05) is 0 Å². The molecule has 0 saturated heterocycles. The molecule has 0 N–H and O–H groups in total. The normalized spacial score (nSPS) is 10.8. The van der Waals surface area contributed by atoms with E-state index in [1.165, 1.54) is 6.20 Å². The number of nitrogens with zero attached hydrogens (tertiary/aromatic N) is 2. The van der Waals surface area contributed by atoms with Crippen molar-refractivity contribution in [2.75, 3.05) is 0 Å². The van der Waals surface area contributed by atoms with Gasteiger partial charge in [0.25, 0.3) is 5.24 Å². The monoisotopic (exact) mass is 296 g/mol. The lowest BCUT2D eigenvalue weighted by molar-refractivity contribution is 0.107. The second kappa shape index (κ2) is 5.94. The van der Waals surface area contributed by atoms with Gasteiger partial charge in [-0.3, -0.25) is 4.79 Å². The van der Waals surface area contributed by atoms with E-state index in [1.54, 1.807) is 10.9 Å². The molecule has 1 aromatic heterocycles. The Morgan fingerprint density at radius 3 is 1.95 bits per heavy atom. The first-order valence-corrected chi connectivity index (χ1v) is 6.96. The molecule has 2 aromatic carbocycles. The molecule has 3 rings (SSSR count). The minimum atomic E-state index is -0.510. The zero-order valence-electron chi connectivity index (χ0n) is 11.2.